The van der Waals surface area contributed by atoms with Crippen molar-refractivity contribution in [2.45, 2.75) is 24.9 Å². The van der Waals surface area contributed by atoms with E-state index < -0.39 is 10.0 Å². The minimum Gasteiger partial charge on any atom is -0.337 e. The average Bonchev–Trinajstić information content (AvgIpc) is 2.78. The Morgan fingerprint density at radius 3 is 2.03 bits per heavy atom. The highest BCUT2D eigenvalue weighted by Gasteiger charge is 2.15. The van der Waals surface area contributed by atoms with Crippen LogP contribution in [0.5, 0.6) is 0 Å². The summed E-state index contributed by atoms with van der Waals surface area (Å²) in [7, 11) is -1.99. The molecule has 7 nitrogen and oxygen atoms in total. The van der Waals surface area contributed by atoms with Gasteiger partial charge in [-0.3, -0.25) is 14.6 Å². The van der Waals surface area contributed by atoms with Gasteiger partial charge in [0.1, 0.15) is 0 Å². The van der Waals surface area contributed by atoms with Gasteiger partial charge in [-0.1, -0.05) is 24.3 Å². The fourth-order valence-corrected chi connectivity index (χ4v) is 3.97. The highest BCUT2D eigenvalue weighted by Crippen LogP contribution is 2.13. The number of hydrogen-bond acceptors (Lipinski definition) is 5. The van der Waals surface area contributed by atoms with Crippen LogP contribution in [0.2, 0.25) is 0 Å². The molecule has 0 saturated heterocycles. The van der Waals surface area contributed by atoms with Crippen molar-refractivity contribution in [2.75, 3.05) is 7.05 Å². The summed E-state index contributed by atoms with van der Waals surface area (Å²) in [4.78, 5) is 29.6. The fraction of sp³-hybridized carbons (Fsp3) is 0.174. The zero-order valence-corrected chi connectivity index (χ0v) is 18.1. The molecule has 0 unspecified atom stereocenters. The molecule has 0 aliphatic heterocycles. The first-order valence-corrected chi connectivity index (χ1v) is 11.1. The van der Waals surface area contributed by atoms with Crippen LogP contribution < -0.4 is 4.72 Å². The molecule has 2 aromatic carbocycles. The molecule has 0 fully saturated rings. The molecule has 1 heterocycles. The average molecular weight is 438 g/mol. The Labute approximate surface area is 181 Å². The molecule has 0 radical (unpaired) electrons. The lowest BCUT2D eigenvalue weighted by Crippen LogP contribution is -2.26. The molecular formula is C23H23N3O4S. The quantitative estimate of drug-likeness (QED) is 0.547. The maximum absolute atomic E-state index is 12.6. The summed E-state index contributed by atoms with van der Waals surface area (Å²) in [5.74, 6) is -0.257. The van der Waals surface area contributed by atoms with Crippen molar-refractivity contribution in [1.29, 1.82) is 0 Å². The monoisotopic (exact) mass is 437 g/mol. The van der Waals surface area contributed by atoms with Crippen molar-refractivity contribution < 1.29 is 18.0 Å². The van der Waals surface area contributed by atoms with E-state index in [0.29, 0.717) is 17.7 Å². The van der Waals surface area contributed by atoms with Gasteiger partial charge in [0.25, 0.3) is 5.91 Å². The van der Waals surface area contributed by atoms with Gasteiger partial charge < -0.3 is 4.90 Å². The van der Waals surface area contributed by atoms with Crippen LogP contribution in [0.25, 0.3) is 0 Å². The first-order valence-electron chi connectivity index (χ1n) is 9.60. The van der Waals surface area contributed by atoms with E-state index in [1.54, 1.807) is 48.6 Å². The zero-order valence-electron chi connectivity index (χ0n) is 17.3. The Bertz CT molecular complexity index is 1160. The van der Waals surface area contributed by atoms with Crippen molar-refractivity contribution in [3.05, 3.63) is 95.3 Å². The maximum Gasteiger partial charge on any atom is 0.253 e. The van der Waals surface area contributed by atoms with E-state index in [4.69, 9.17) is 0 Å². The largest absolute Gasteiger partial charge is 0.337 e. The summed E-state index contributed by atoms with van der Waals surface area (Å²) in [5.41, 5.74) is 2.67. The molecule has 8 heteroatoms. The van der Waals surface area contributed by atoms with Gasteiger partial charge in [-0.2, -0.15) is 0 Å². The number of Topliss-reactive ketones (excluding diaryl/α,β-unsaturated/α-hetero) is 1. The molecule has 0 atom stereocenters. The number of hydrogen-bond donors (Lipinski definition) is 1. The molecular weight excluding hydrogens is 414 g/mol. The predicted octanol–water partition coefficient (Wildman–Crippen LogP) is 3.03. The molecule has 1 amide bonds. The van der Waals surface area contributed by atoms with E-state index in [9.17, 15) is 18.0 Å². The number of ketones is 1. The Balaban J connectivity index is 1.61. The number of nitrogens with one attached hydrogen (secondary N) is 1. The Hall–Kier alpha value is -3.36. The predicted molar refractivity (Wildman–Crippen MR) is 117 cm³/mol. The number of amides is 1. The molecule has 3 aromatic rings. The summed E-state index contributed by atoms with van der Waals surface area (Å²) in [5, 5.41) is 0. The molecule has 1 N–H and O–H groups in total. The van der Waals surface area contributed by atoms with Crippen LogP contribution >= 0.6 is 0 Å². The van der Waals surface area contributed by atoms with Crippen molar-refractivity contribution >= 4 is 21.7 Å². The van der Waals surface area contributed by atoms with Gasteiger partial charge in [0.15, 0.2) is 5.78 Å². The molecule has 0 aliphatic carbocycles. The third-order valence-corrected chi connectivity index (χ3v) is 6.17. The highest BCUT2D eigenvalue weighted by atomic mass is 32.2. The fourth-order valence-electron chi connectivity index (χ4n) is 2.95. The molecule has 0 bridgehead atoms. The molecule has 3 rings (SSSR count). The number of aromatic nitrogens is 1. The molecule has 160 valence electrons. The first kappa shape index (κ1) is 22.3. The van der Waals surface area contributed by atoms with Crippen molar-refractivity contribution in [2.24, 2.45) is 0 Å². The lowest BCUT2D eigenvalue weighted by Gasteiger charge is -2.17. The minimum atomic E-state index is -3.72. The van der Waals surface area contributed by atoms with Gasteiger partial charge in [0.2, 0.25) is 10.0 Å². The normalized spacial score (nSPS) is 11.2. The number of carbonyl (C=O) groups excluding carboxylic acids is 2. The van der Waals surface area contributed by atoms with Gasteiger partial charge in [-0.05, 0) is 54.4 Å². The number of rotatable bonds is 8. The maximum atomic E-state index is 12.6. The first-order chi connectivity index (χ1) is 14.8. The third kappa shape index (κ3) is 5.84. The number of carbonyl (C=O) groups is 2. The van der Waals surface area contributed by atoms with E-state index in [0.717, 1.165) is 11.1 Å². The lowest BCUT2D eigenvalue weighted by atomic mass is 10.1. The summed E-state index contributed by atoms with van der Waals surface area (Å²) < 4.78 is 27.5. The number of benzene rings is 2. The second-order valence-corrected chi connectivity index (χ2v) is 8.89. The molecule has 1 aromatic heterocycles. The summed E-state index contributed by atoms with van der Waals surface area (Å²) in [6, 6.07) is 16.3. The number of nitrogens with zero attached hydrogens (tertiary/aromatic N) is 2. The van der Waals surface area contributed by atoms with Crippen LogP contribution in [0.1, 0.15) is 38.8 Å². The van der Waals surface area contributed by atoms with Crippen LogP contribution in [-0.4, -0.2) is 37.0 Å². The topological polar surface area (TPSA) is 96.4 Å². The van der Waals surface area contributed by atoms with E-state index >= 15 is 0 Å². The third-order valence-electron chi connectivity index (χ3n) is 4.75. The van der Waals surface area contributed by atoms with Crippen LogP contribution in [0.3, 0.4) is 0 Å². The molecule has 31 heavy (non-hydrogen) atoms. The van der Waals surface area contributed by atoms with Crippen molar-refractivity contribution in [3.8, 4) is 0 Å². The summed E-state index contributed by atoms with van der Waals surface area (Å²) in [6.45, 7) is 1.97. The van der Waals surface area contributed by atoms with Gasteiger partial charge in [-0.15, -0.1) is 0 Å². The van der Waals surface area contributed by atoms with Gasteiger partial charge in [0, 0.05) is 43.7 Å². The van der Waals surface area contributed by atoms with Crippen LogP contribution in [-0.2, 0) is 23.1 Å². The highest BCUT2D eigenvalue weighted by molar-refractivity contribution is 7.89. The van der Waals surface area contributed by atoms with Gasteiger partial charge >= 0.3 is 0 Å². The SMILES string of the molecule is CC(=O)c1ccc(S(=O)(=O)NCc2ccc(C(=O)N(C)Cc3ccncc3)cc2)cc1. The number of pyridine rings is 1. The van der Waals surface area contributed by atoms with Gasteiger partial charge in [0.05, 0.1) is 4.90 Å². The van der Waals surface area contributed by atoms with Gasteiger partial charge in [-0.25, -0.2) is 13.1 Å². The van der Waals surface area contributed by atoms with Crippen LogP contribution in [0, 0.1) is 0 Å². The minimum absolute atomic E-state index is 0.0815. The second-order valence-electron chi connectivity index (χ2n) is 7.12. The summed E-state index contributed by atoms with van der Waals surface area (Å²) in [6.07, 6.45) is 3.36. The lowest BCUT2D eigenvalue weighted by molar-refractivity contribution is 0.0785. The Kier molecular flexibility index (Phi) is 6.94. The molecule has 0 spiro atoms. The van der Waals surface area contributed by atoms with E-state index in [1.807, 2.05) is 12.1 Å². The van der Waals surface area contributed by atoms with Crippen LogP contribution in [0.15, 0.2) is 78.0 Å². The zero-order chi connectivity index (χ0) is 22.4. The van der Waals surface area contributed by atoms with Crippen molar-refractivity contribution in [1.82, 2.24) is 14.6 Å². The Morgan fingerprint density at radius 1 is 0.871 bits per heavy atom. The molecule has 0 aliphatic rings. The number of sulfonamides is 1. The second kappa shape index (κ2) is 9.63. The van der Waals surface area contributed by atoms with Crippen molar-refractivity contribution in [3.63, 3.8) is 0 Å². The van der Waals surface area contributed by atoms with E-state index in [1.165, 1.54) is 31.2 Å². The smallest absolute Gasteiger partial charge is 0.253 e. The van der Waals surface area contributed by atoms with Crippen LogP contribution in [0.4, 0.5) is 0 Å². The summed E-state index contributed by atoms with van der Waals surface area (Å²) >= 11 is 0. The Morgan fingerprint density at radius 2 is 1.45 bits per heavy atom. The standard InChI is InChI=1S/C23H23N3O4S/c1-17(27)20-7-9-22(10-8-20)31(29,30)25-15-18-3-5-21(6-4-18)23(28)26(2)16-19-11-13-24-14-12-19/h3-14,25H,15-16H2,1-2H3. The van der Waals surface area contributed by atoms with E-state index in [2.05, 4.69) is 9.71 Å². The molecule has 0 saturated carbocycles. The van der Waals surface area contributed by atoms with E-state index in [-0.39, 0.29) is 23.1 Å².